The SMILES string of the molecule is COc1cc(OC)nc(SC(/C=N/NC(=O)Nc2ccccc2Cl)C(C)(C)C)n1. The number of hydrazone groups is 1. The van der Waals surface area contributed by atoms with E-state index >= 15 is 0 Å². The van der Waals surface area contributed by atoms with Crippen molar-refractivity contribution >= 4 is 41.3 Å². The molecule has 8 nitrogen and oxygen atoms in total. The van der Waals surface area contributed by atoms with Gasteiger partial charge in [0.2, 0.25) is 11.8 Å². The molecule has 1 atom stereocenters. The van der Waals surface area contributed by atoms with Gasteiger partial charge in [-0.3, -0.25) is 0 Å². The van der Waals surface area contributed by atoms with E-state index < -0.39 is 6.03 Å². The molecule has 2 rings (SSSR count). The van der Waals surface area contributed by atoms with Gasteiger partial charge in [-0.2, -0.15) is 15.1 Å². The number of nitrogens with zero attached hydrogens (tertiary/aromatic N) is 3. The number of rotatable bonds is 7. The number of hydrogen-bond donors (Lipinski definition) is 2. The minimum atomic E-state index is -0.494. The zero-order valence-corrected chi connectivity index (χ0v) is 18.5. The Morgan fingerprint density at radius 1 is 1.21 bits per heavy atom. The summed E-state index contributed by atoms with van der Waals surface area (Å²) in [6, 6.07) is 8.06. The summed E-state index contributed by atoms with van der Waals surface area (Å²) >= 11 is 7.42. The van der Waals surface area contributed by atoms with E-state index in [2.05, 4.69) is 46.6 Å². The number of anilines is 1. The molecular formula is C19H24ClN5O3S. The van der Waals surface area contributed by atoms with Crippen molar-refractivity contribution in [1.29, 1.82) is 0 Å². The van der Waals surface area contributed by atoms with Gasteiger partial charge in [-0.05, 0) is 17.5 Å². The van der Waals surface area contributed by atoms with Gasteiger partial charge in [-0.1, -0.05) is 56.3 Å². The van der Waals surface area contributed by atoms with E-state index in [0.29, 0.717) is 27.6 Å². The molecule has 2 amide bonds. The highest BCUT2D eigenvalue weighted by Crippen LogP contribution is 2.34. The zero-order valence-electron chi connectivity index (χ0n) is 16.9. The molecule has 2 aromatic rings. The summed E-state index contributed by atoms with van der Waals surface area (Å²) in [6.45, 7) is 6.16. The number of aromatic nitrogens is 2. The topological polar surface area (TPSA) is 97.7 Å². The maximum absolute atomic E-state index is 12.1. The number of para-hydroxylation sites is 1. The van der Waals surface area contributed by atoms with Crippen LogP contribution in [0.25, 0.3) is 0 Å². The highest BCUT2D eigenvalue weighted by atomic mass is 35.5. The molecule has 2 N–H and O–H groups in total. The van der Waals surface area contributed by atoms with E-state index in [-0.39, 0.29) is 10.7 Å². The monoisotopic (exact) mass is 437 g/mol. The molecule has 0 radical (unpaired) electrons. The standard InChI is InChI=1S/C19H24ClN5O3S/c1-19(2,3)14(29-18-23-15(27-4)10-16(24-18)28-5)11-21-25-17(26)22-13-9-7-6-8-12(13)20/h6-11,14H,1-5H3,(H2,22,25,26)/b21-11+. The average molecular weight is 438 g/mol. The van der Waals surface area contributed by atoms with Gasteiger partial charge in [0.25, 0.3) is 0 Å². The largest absolute Gasteiger partial charge is 0.481 e. The van der Waals surface area contributed by atoms with Crippen LogP contribution in [0, 0.1) is 5.41 Å². The van der Waals surface area contributed by atoms with Crippen LogP contribution < -0.4 is 20.2 Å². The fourth-order valence-electron chi connectivity index (χ4n) is 2.07. The molecule has 0 spiro atoms. The summed E-state index contributed by atoms with van der Waals surface area (Å²) in [5.74, 6) is 0.808. The van der Waals surface area contributed by atoms with Gasteiger partial charge < -0.3 is 14.8 Å². The van der Waals surface area contributed by atoms with Gasteiger partial charge in [-0.15, -0.1) is 0 Å². The lowest BCUT2D eigenvalue weighted by Crippen LogP contribution is -2.29. The molecule has 1 aromatic heterocycles. The average Bonchev–Trinajstić information content (AvgIpc) is 2.68. The third-order valence-electron chi connectivity index (χ3n) is 3.66. The van der Waals surface area contributed by atoms with Gasteiger partial charge in [-0.25, -0.2) is 10.2 Å². The molecule has 0 aliphatic rings. The van der Waals surface area contributed by atoms with Crippen LogP contribution in [0.5, 0.6) is 11.8 Å². The molecule has 10 heteroatoms. The molecule has 29 heavy (non-hydrogen) atoms. The van der Waals surface area contributed by atoms with Crippen molar-refractivity contribution in [3.8, 4) is 11.8 Å². The van der Waals surface area contributed by atoms with Gasteiger partial charge in [0.05, 0.1) is 36.2 Å². The fourth-order valence-corrected chi connectivity index (χ4v) is 3.24. The van der Waals surface area contributed by atoms with Crippen LogP contribution in [-0.2, 0) is 0 Å². The lowest BCUT2D eigenvalue weighted by molar-refractivity contribution is 0.252. The summed E-state index contributed by atoms with van der Waals surface area (Å²) in [4.78, 5) is 20.7. The minimum Gasteiger partial charge on any atom is -0.481 e. The first-order valence-corrected chi connectivity index (χ1v) is 9.97. The zero-order chi connectivity index (χ0) is 21.4. The maximum Gasteiger partial charge on any atom is 0.339 e. The minimum absolute atomic E-state index is 0.139. The first kappa shape index (κ1) is 22.8. The van der Waals surface area contributed by atoms with Crippen molar-refractivity contribution in [2.24, 2.45) is 10.5 Å². The Labute approximate surface area is 179 Å². The van der Waals surface area contributed by atoms with E-state index in [1.807, 2.05) is 0 Å². The Hall–Kier alpha value is -2.52. The summed E-state index contributed by atoms with van der Waals surface area (Å²) < 4.78 is 10.4. The molecule has 0 saturated heterocycles. The molecule has 0 bridgehead atoms. The maximum atomic E-state index is 12.1. The quantitative estimate of drug-likeness (QED) is 0.287. The number of benzene rings is 1. The number of methoxy groups -OCH3 is 2. The third kappa shape index (κ3) is 7.10. The Balaban J connectivity index is 2.07. The Kier molecular flexibility index (Phi) is 8.10. The van der Waals surface area contributed by atoms with E-state index in [1.54, 1.807) is 36.5 Å². The number of carbonyl (C=O) groups excluding carboxylic acids is 1. The van der Waals surface area contributed by atoms with Crippen LogP contribution >= 0.6 is 23.4 Å². The predicted octanol–water partition coefficient (Wildman–Crippen LogP) is 4.46. The normalized spacial score (nSPS) is 12.5. The Bertz CT molecular complexity index is 851. The van der Waals surface area contributed by atoms with Crippen LogP contribution in [0.15, 0.2) is 40.6 Å². The molecule has 1 unspecified atom stereocenters. The van der Waals surface area contributed by atoms with E-state index in [0.717, 1.165) is 0 Å². The van der Waals surface area contributed by atoms with E-state index in [4.69, 9.17) is 21.1 Å². The van der Waals surface area contributed by atoms with Crippen LogP contribution in [0.4, 0.5) is 10.5 Å². The number of halogens is 1. The highest BCUT2D eigenvalue weighted by molar-refractivity contribution is 8.00. The van der Waals surface area contributed by atoms with Crippen molar-refractivity contribution in [3.05, 3.63) is 35.4 Å². The third-order valence-corrected chi connectivity index (χ3v) is 5.47. The fraction of sp³-hybridized carbons (Fsp3) is 0.368. The van der Waals surface area contributed by atoms with Gasteiger partial charge in [0.1, 0.15) is 0 Å². The molecule has 0 fully saturated rings. The second kappa shape index (κ2) is 10.3. The lowest BCUT2D eigenvalue weighted by atomic mass is 9.92. The summed E-state index contributed by atoms with van der Waals surface area (Å²) in [7, 11) is 3.06. The van der Waals surface area contributed by atoms with Gasteiger partial charge >= 0.3 is 6.03 Å². The van der Waals surface area contributed by atoms with Crippen molar-refractivity contribution in [2.75, 3.05) is 19.5 Å². The summed E-state index contributed by atoms with van der Waals surface area (Å²) in [5.41, 5.74) is 2.76. The highest BCUT2D eigenvalue weighted by Gasteiger charge is 2.26. The number of thioether (sulfide) groups is 1. The van der Waals surface area contributed by atoms with Crippen molar-refractivity contribution in [2.45, 2.75) is 31.2 Å². The molecule has 156 valence electrons. The second-order valence-corrected chi connectivity index (χ2v) is 8.48. The Morgan fingerprint density at radius 3 is 2.38 bits per heavy atom. The van der Waals surface area contributed by atoms with Crippen LogP contribution in [0.3, 0.4) is 0 Å². The van der Waals surface area contributed by atoms with Crippen LogP contribution in [-0.4, -0.2) is 41.7 Å². The molecule has 0 saturated carbocycles. The van der Waals surface area contributed by atoms with Crippen LogP contribution in [0.2, 0.25) is 5.02 Å². The van der Waals surface area contributed by atoms with Crippen molar-refractivity contribution in [1.82, 2.24) is 15.4 Å². The summed E-state index contributed by atoms with van der Waals surface area (Å²) in [5, 5.41) is 7.50. The number of nitrogens with one attached hydrogen (secondary N) is 2. The molecule has 1 aromatic carbocycles. The molecular weight excluding hydrogens is 414 g/mol. The van der Waals surface area contributed by atoms with Gasteiger partial charge in [0.15, 0.2) is 5.16 Å². The molecule has 0 aliphatic carbocycles. The Morgan fingerprint density at radius 2 is 1.83 bits per heavy atom. The van der Waals surface area contributed by atoms with Crippen molar-refractivity contribution in [3.63, 3.8) is 0 Å². The first-order chi connectivity index (χ1) is 13.7. The van der Waals surface area contributed by atoms with E-state index in [1.165, 1.54) is 26.0 Å². The lowest BCUT2D eigenvalue weighted by Gasteiger charge is -2.26. The number of carbonyl (C=O) groups is 1. The predicted molar refractivity (Wildman–Crippen MR) is 116 cm³/mol. The van der Waals surface area contributed by atoms with Crippen LogP contribution in [0.1, 0.15) is 20.8 Å². The van der Waals surface area contributed by atoms with Crippen molar-refractivity contribution < 1.29 is 14.3 Å². The number of urea groups is 1. The summed E-state index contributed by atoms with van der Waals surface area (Å²) in [6.07, 6.45) is 1.64. The number of hydrogen-bond acceptors (Lipinski definition) is 7. The molecule has 1 heterocycles. The van der Waals surface area contributed by atoms with E-state index in [9.17, 15) is 4.79 Å². The smallest absolute Gasteiger partial charge is 0.339 e. The number of ether oxygens (including phenoxy) is 2. The van der Waals surface area contributed by atoms with Gasteiger partial charge in [0, 0.05) is 6.21 Å². The second-order valence-electron chi connectivity index (χ2n) is 6.96. The number of amides is 2. The molecule has 0 aliphatic heterocycles. The first-order valence-electron chi connectivity index (χ1n) is 8.71.